The highest BCUT2D eigenvalue weighted by Crippen LogP contribution is 2.21. The highest BCUT2D eigenvalue weighted by Gasteiger charge is 2.10. The average Bonchev–Trinajstić information content (AvgIpc) is 2.80. The van der Waals surface area contributed by atoms with Crippen molar-refractivity contribution in [2.45, 2.75) is 34.6 Å². The Morgan fingerprint density at radius 2 is 1.65 bits per heavy atom. The van der Waals surface area contributed by atoms with Gasteiger partial charge >= 0.3 is 0 Å². The van der Waals surface area contributed by atoms with Gasteiger partial charge in [0.2, 0.25) is 0 Å². The molecule has 0 unspecified atom stereocenters. The summed E-state index contributed by atoms with van der Waals surface area (Å²) in [5.41, 5.74) is 6.36. The number of aromatic nitrogens is 4. The highest BCUT2D eigenvalue weighted by molar-refractivity contribution is 5.61. The summed E-state index contributed by atoms with van der Waals surface area (Å²) in [5.74, 6) is 1.36. The summed E-state index contributed by atoms with van der Waals surface area (Å²) in [6.07, 6.45) is 0. The van der Waals surface area contributed by atoms with E-state index in [4.69, 9.17) is 0 Å². The van der Waals surface area contributed by atoms with Crippen LogP contribution in [0.4, 0.5) is 11.5 Å². The summed E-state index contributed by atoms with van der Waals surface area (Å²) in [5, 5.41) is 7.85. The molecule has 0 spiro atoms. The Balaban J connectivity index is 1.99. The van der Waals surface area contributed by atoms with Gasteiger partial charge < -0.3 is 5.32 Å². The Morgan fingerprint density at radius 1 is 0.870 bits per heavy atom. The maximum absolute atomic E-state index is 4.62. The van der Waals surface area contributed by atoms with E-state index in [2.05, 4.69) is 52.4 Å². The minimum absolute atomic E-state index is 0.586. The fourth-order valence-electron chi connectivity index (χ4n) is 2.63. The molecule has 0 aliphatic rings. The minimum Gasteiger partial charge on any atom is -0.340 e. The smallest absolute Gasteiger partial charge is 0.252 e. The SMILES string of the molecule is Cc1ccc(Nc2cc(C)nc(-n3nc(C)cc3C)n2)c(C)c1. The van der Waals surface area contributed by atoms with Gasteiger partial charge in [0, 0.05) is 23.1 Å². The van der Waals surface area contributed by atoms with Crippen molar-refractivity contribution in [1.82, 2.24) is 19.7 Å². The van der Waals surface area contributed by atoms with E-state index in [-0.39, 0.29) is 0 Å². The van der Waals surface area contributed by atoms with Crippen molar-refractivity contribution in [2.24, 2.45) is 0 Å². The highest BCUT2D eigenvalue weighted by atomic mass is 15.4. The second-order valence-corrected chi connectivity index (χ2v) is 5.98. The molecule has 0 bridgehead atoms. The van der Waals surface area contributed by atoms with Gasteiger partial charge in [0.25, 0.3) is 5.95 Å². The van der Waals surface area contributed by atoms with E-state index in [0.717, 1.165) is 28.6 Å². The lowest BCUT2D eigenvalue weighted by atomic mass is 10.1. The van der Waals surface area contributed by atoms with E-state index < -0.39 is 0 Å². The number of nitrogens with zero attached hydrogens (tertiary/aromatic N) is 4. The fraction of sp³-hybridized carbons (Fsp3) is 0.278. The van der Waals surface area contributed by atoms with Gasteiger partial charge in [-0.2, -0.15) is 10.1 Å². The van der Waals surface area contributed by atoms with Crippen LogP contribution in [0.5, 0.6) is 0 Å². The van der Waals surface area contributed by atoms with Crippen molar-refractivity contribution >= 4 is 11.5 Å². The monoisotopic (exact) mass is 307 g/mol. The second kappa shape index (κ2) is 5.83. The lowest BCUT2D eigenvalue weighted by Gasteiger charge is -2.12. The topological polar surface area (TPSA) is 55.6 Å². The summed E-state index contributed by atoms with van der Waals surface area (Å²) in [6.45, 7) is 10.1. The predicted molar refractivity (Wildman–Crippen MR) is 92.6 cm³/mol. The molecule has 0 aliphatic heterocycles. The molecule has 0 aliphatic carbocycles. The molecule has 1 N–H and O–H groups in total. The van der Waals surface area contributed by atoms with Crippen LogP contribution in [0.3, 0.4) is 0 Å². The van der Waals surface area contributed by atoms with Crippen molar-refractivity contribution in [3.63, 3.8) is 0 Å². The van der Waals surface area contributed by atoms with E-state index >= 15 is 0 Å². The largest absolute Gasteiger partial charge is 0.340 e. The molecular formula is C18H21N5. The molecule has 0 fully saturated rings. The maximum Gasteiger partial charge on any atom is 0.252 e. The van der Waals surface area contributed by atoms with Crippen molar-refractivity contribution in [2.75, 3.05) is 5.32 Å². The van der Waals surface area contributed by atoms with Crippen LogP contribution in [0.1, 0.15) is 28.2 Å². The summed E-state index contributed by atoms with van der Waals surface area (Å²) >= 11 is 0. The molecule has 23 heavy (non-hydrogen) atoms. The molecule has 3 rings (SSSR count). The van der Waals surface area contributed by atoms with E-state index in [0.29, 0.717) is 5.95 Å². The number of hydrogen-bond donors (Lipinski definition) is 1. The van der Waals surface area contributed by atoms with Gasteiger partial charge in [0.15, 0.2) is 0 Å². The van der Waals surface area contributed by atoms with Gasteiger partial charge in [0.1, 0.15) is 5.82 Å². The normalized spacial score (nSPS) is 10.8. The van der Waals surface area contributed by atoms with E-state index in [1.54, 1.807) is 4.68 Å². The molecule has 5 nitrogen and oxygen atoms in total. The molecule has 1 aromatic carbocycles. The van der Waals surface area contributed by atoms with Crippen LogP contribution in [-0.4, -0.2) is 19.7 Å². The first-order chi connectivity index (χ1) is 10.9. The molecule has 0 saturated heterocycles. The Morgan fingerprint density at radius 3 is 2.30 bits per heavy atom. The molecule has 2 aromatic heterocycles. The van der Waals surface area contributed by atoms with E-state index in [1.807, 2.05) is 32.9 Å². The number of anilines is 2. The minimum atomic E-state index is 0.586. The third kappa shape index (κ3) is 3.23. The van der Waals surface area contributed by atoms with E-state index in [1.165, 1.54) is 11.1 Å². The molecule has 2 heterocycles. The first kappa shape index (κ1) is 15.2. The molecule has 0 atom stereocenters. The molecule has 0 radical (unpaired) electrons. The van der Waals surface area contributed by atoms with E-state index in [9.17, 15) is 0 Å². The Bertz CT molecular complexity index is 864. The number of benzene rings is 1. The summed E-state index contributed by atoms with van der Waals surface area (Å²) in [4.78, 5) is 9.12. The molecule has 3 aromatic rings. The van der Waals surface area contributed by atoms with Crippen molar-refractivity contribution in [3.05, 3.63) is 58.5 Å². The van der Waals surface area contributed by atoms with Gasteiger partial charge in [-0.05, 0) is 52.3 Å². The Kier molecular flexibility index (Phi) is 3.86. The average molecular weight is 307 g/mol. The van der Waals surface area contributed by atoms with Crippen LogP contribution in [0.25, 0.3) is 5.95 Å². The molecule has 118 valence electrons. The third-order valence-electron chi connectivity index (χ3n) is 3.69. The van der Waals surface area contributed by atoms with Gasteiger partial charge in [-0.3, -0.25) is 0 Å². The van der Waals surface area contributed by atoms with Gasteiger partial charge in [-0.1, -0.05) is 17.7 Å². The maximum atomic E-state index is 4.62. The Labute approximate surface area is 136 Å². The number of nitrogens with one attached hydrogen (secondary N) is 1. The predicted octanol–water partition coefficient (Wildman–Crippen LogP) is 3.95. The van der Waals surface area contributed by atoms with Crippen LogP contribution in [0.15, 0.2) is 30.3 Å². The summed E-state index contributed by atoms with van der Waals surface area (Å²) in [6, 6.07) is 10.3. The molecule has 0 saturated carbocycles. The summed E-state index contributed by atoms with van der Waals surface area (Å²) < 4.78 is 1.77. The zero-order valence-corrected chi connectivity index (χ0v) is 14.2. The molecule has 0 amide bonds. The number of hydrogen-bond acceptors (Lipinski definition) is 4. The van der Waals surface area contributed by atoms with Crippen molar-refractivity contribution in [3.8, 4) is 5.95 Å². The van der Waals surface area contributed by atoms with Crippen LogP contribution in [0.2, 0.25) is 0 Å². The zero-order chi connectivity index (χ0) is 16.6. The summed E-state index contributed by atoms with van der Waals surface area (Å²) in [7, 11) is 0. The lowest BCUT2D eigenvalue weighted by molar-refractivity contribution is 0.770. The zero-order valence-electron chi connectivity index (χ0n) is 14.2. The van der Waals surface area contributed by atoms with Gasteiger partial charge in [-0.25, -0.2) is 9.67 Å². The first-order valence-corrected chi connectivity index (χ1v) is 7.66. The quantitative estimate of drug-likeness (QED) is 0.796. The van der Waals surface area contributed by atoms with Crippen LogP contribution in [0, 0.1) is 34.6 Å². The number of rotatable bonds is 3. The lowest BCUT2D eigenvalue weighted by Crippen LogP contribution is -2.08. The van der Waals surface area contributed by atoms with Crippen LogP contribution < -0.4 is 5.32 Å². The molecule has 5 heteroatoms. The Hall–Kier alpha value is -2.69. The standard InChI is InChI=1S/C18H21N5/c1-11-6-7-16(12(2)8-11)20-17-10-13(3)19-18(21-17)23-15(5)9-14(4)22-23/h6-10H,1-5H3,(H,19,20,21). The van der Waals surface area contributed by atoms with Gasteiger partial charge in [-0.15, -0.1) is 0 Å². The first-order valence-electron chi connectivity index (χ1n) is 7.66. The molecular weight excluding hydrogens is 286 g/mol. The van der Waals surface area contributed by atoms with Gasteiger partial charge in [0.05, 0.1) is 5.69 Å². The van der Waals surface area contributed by atoms with Crippen LogP contribution >= 0.6 is 0 Å². The van der Waals surface area contributed by atoms with Crippen LogP contribution in [-0.2, 0) is 0 Å². The van der Waals surface area contributed by atoms with Crippen molar-refractivity contribution < 1.29 is 0 Å². The third-order valence-corrected chi connectivity index (χ3v) is 3.69. The fourth-order valence-corrected chi connectivity index (χ4v) is 2.63. The second-order valence-electron chi connectivity index (χ2n) is 5.98. The number of aryl methyl sites for hydroxylation is 5. The van der Waals surface area contributed by atoms with Crippen molar-refractivity contribution in [1.29, 1.82) is 0 Å².